The van der Waals surface area contributed by atoms with Gasteiger partial charge in [0.2, 0.25) is 6.79 Å². The molecule has 4 nitrogen and oxygen atoms in total. The van der Waals surface area contributed by atoms with Crippen molar-refractivity contribution in [2.45, 2.75) is 19.6 Å². The molecule has 0 aliphatic carbocycles. The summed E-state index contributed by atoms with van der Waals surface area (Å²) in [6, 6.07) is 5.85. The molecule has 0 amide bonds. The Balaban J connectivity index is 1.92. The van der Waals surface area contributed by atoms with Gasteiger partial charge in [-0.05, 0) is 24.6 Å². The van der Waals surface area contributed by atoms with Crippen LogP contribution in [0, 0.1) is 0 Å². The van der Waals surface area contributed by atoms with Crippen LogP contribution in [0.25, 0.3) is 0 Å². The summed E-state index contributed by atoms with van der Waals surface area (Å²) in [6.45, 7) is 3.38. The van der Waals surface area contributed by atoms with Crippen LogP contribution in [0.3, 0.4) is 0 Å². The van der Waals surface area contributed by atoms with Crippen molar-refractivity contribution in [2.24, 2.45) is 0 Å². The lowest BCUT2D eigenvalue weighted by atomic mass is 10.2. The predicted molar refractivity (Wildman–Crippen MR) is 56.0 cm³/mol. The van der Waals surface area contributed by atoms with Crippen LogP contribution in [-0.2, 0) is 6.54 Å². The van der Waals surface area contributed by atoms with Crippen LogP contribution in [0.1, 0.15) is 12.5 Å². The maximum atomic E-state index is 9.08. The molecule has 1 aliphatic rings. The SMILES string of the molecule is CC(O)CNCc1ccc2c(c1)OCO2. The zero-order valence-electron chi connectivity index (χ0n) is 8.69. The Labute approximate surface area is 88.8 Å². The topological polar surface area (TPSA) is 50.7 Å². The average molecular weight is 209 g/mol. The molecule has 0 fully saturated rings. The third kappa shape index (κ3) is 2.61. The number of ether oxygens (including phenoxy) is 2. The first-order chi connectivity index (χ1) is 7.25. The van der Waals surface area contributed by atoms with E-state index in [1.165, 1.54) is 0 Å². The standard InChI is InChI=1S/C11H15NO3/c1-8(13)5-12-6-9-2-3-10-11(4-9)15-7-14-10/h2-4,8,12-13H,5-7H2,1H3. The lowest BCUT2D eigenvalue weighted by Crippen LogP contribution is -2.23. The minimum absolute atomic E-state index is 0.305. The molecule has 2 N–H and O–H groups in total. The second kappa shape index (κ2) is 4.51. The molecule has 1 aromatic carbocycles. The molecule has 4 heteroatoms. The summed E-state index contributed by atoms with van der Waals surface area (Å²) < 4.78 is 10.5. The molecule has 0 saturated heterocycles. The van der Waals surface area contributed by atoms with Gasteiger partial charge in [0.05, 0.1) is 6.10 Å². The molecule has 1 heterocycles. The fourth-order valence-electron chi connectivity index (χ4n) is 1.48. The largest absolute Gasteiger partial charge is 0.454 e. The van der Waals surface area contributed by atoms with Crippen molar-refractivity contribution in [3.63, 3.8) is 0 Å². The highest BCUT2D eigenvalue weighted by Gasteiger charge is 2.12. The van der Waals surface area contributed by atoms with Gasteiger partial charge in [0.1, 0.15) is 0 Å². The fraction of sp³-hybridized carbons (Fsp3) is 0.455. The van der Waals surface area contributed by atoms with Crippen LogP contribution in [0.5, 0.6) is 11.5 Å². The average Bonchev–Trinajstić information content (AvgIpc) is 2.64. The van der Waals surface area contributed by atoms with Crippen molar-refractivity contribution in [3.8, 4) is 11.5 Å². The van der Waals surface area contributed by atoms with E-state index in [0.717, 1.165) is 23.6 Å². The Morgan fingerprint density at radius 2 is 2.20 bits per heavy atom. The highest BCUT2D eigenvalue weighted by molar-refractivity contribution is 5.44. The maximum absolute atomic E-state index is 9.08. The van der Waals surface area contributed by atoms with Crippen molar-refractivity contribution in [2.75, 3.05) is 13.3 Å². The molecule has 0 bridgehead atoms. The van der Waals surface area contributed by atoms with Crippen molar-refractivity contribution < 1.29 is 14.6 Å². The molecule has 1 atom stereocenters. The number of aliphatic hydroxyl groups is 1. The van der Waals surface area contributed by atoms with Gasteiger partial charge in [0.15, 0.2) is 11.5 Å². The molecule has 1 aliphatic heterocycles. The Morgan fingerprint density at radius 1 is 1.40 bits per heavy atom. The van der Waals surface area contributed by atoms with E-state index >= 15 is 0 Å². The number of hydrogen-bond acceptors (Lipinski definition) is 4. The number of aliphatic hydroxyl groups excluding tert-OH is 1. The fourth-order valence-corrected chi connectivity index (χ4v) is 1.48. The molecule has 0 saturated carbocycles. The van der Waals surface area contributed by atoms with E-state index in [4.69, 9.17) is 14.6 Å². The van der Waals surface area contributed by atoms with Gasteiger partial charge in [-0.2, -0.15) is 0 Å². The van der Waals surface area contributed by atoms with Crippen molar-refractivity contribution in [1.29, 1.82) is 0 Å². The van der Waals surface area contributed by atoms with Crippen LogP contribution in [-0.4, -0.2) is 24.5 Å². The summed E-state index contributed by atoms with van der Waals surface area (Å²) in [5.74, 6) is 1.60. The minimum atomic E-state index is -0.320. The first-order valence-corrected chi connectivity index (χ1v) is 5.03. The Kier molecular flexibility index (Phi) is 3.08. The van der Waals surface area contributed by atoms with E-state index in [2.05, 4.69) is 5.32 Å². The first kappa shape index (κ1) is 10.3. The Bertz CT molecular complexity index is 339. The Hall–Kier alpha value is -1.26. The van der Waals surface area contributed by atoms with E-state index in [9.17, 15) is 0 Å². The third-order valence-electron chi connectivity index (χ3n) is 2.21. The van der Waals surface area contributed by atoms with Gasteiger partial charge < -0.3 is 19.9 Å². The second-order valence-electron chi connectivity index (χ2n) is 3.67. The summed E-state index contributed by atoms with van der Waals surface area (Å²) in [6.07, 6.45) is -0.320. The van der Waals surface area contributed by atoms with E-state index < -0.39 is 0 Å². The number of nitrogens with one attached hydrogen (secondary N) is 1. The summed E-state index contributed by atoms with van der Waals surface area (Å²) >= 11 is 0. The van der Waals surface area contributed by atoms with E-state index in [0.29, 0.717) is 13.3 Å². The van der Waals surface area contributed by atoms with E-state index in [1.807, 2.05) is 18.2 Å². The normalized spacial score (nSPS) is 15.3. The molecule has 15 heavy (non-hydrogen) atoms. The molecule has 1 unspecified atom stereocenters. The van der Waals surface area contributed by atoms with Gasteiger partial charge in [-0.15, -0.1) is 0 Å². The number of hydrogen-bond donors (Lipinski definition) is 2. The van der Waals surface area contributed by atoms with Crippen molar-refractivity contribution in [1.82, 2.24) is 5.32 Å². The van der Waals surface area contributed by atoms with Crippen LogP contribution in [0.15, 0.2) is 18.2 Å². The summed E-state index contributed by atoms with van der Waals surface area (Å²) in [4.78, 5) is 0. The van der Waals surface area contributed by atoms with Gasteiger partial charge in [-0.25, -0.2) is 0 Å². The lowest BCUT2D eigenvalue weighted by Gasteiger charge is -2.07. The molecule has 82 valence electrons. The van der Waals surface area contributed by atoms with Crippen LogP contribution in [0.4, 0.5) is 0 Å². The molecule has 1 aromatic rings. The first-order valence-electron chi connectivity index (χ1n) is 5.03. The number of rotatable bonds is 4. The minimum Gasteiger partial charge on any atom is -0.454 e. The van der Waals surface area contributed by atoms with Crippen molar-refractivity contribution >= 4 is 0 Å². The van der Waals surface area contributed by atoms with Crippen LogP contribution < -0.4 is 14.8 Å². The summed E-state index contributed by atoms with van der Waals surface area (Å²) in [7, 11) is 0. The molecule has 0 spiro atoms. The van der Waals surface area contributed by atoms with Crippen LogP contribution >= 0.6 is 0 Å². The van der Waals surface area contributed by atoms with E-state index in [-0.39, 0.29) is 6.10 Å². The smallest absolute Gasteiger partial charge is 0.231 e. The molecule has 0 aromatic heterocycles. The highest BCUT2D eigenvalue weighted by atomic mass is 16.7. The molecule has 0 radical (unpaired) electrons. The van der Waals surface area contributed by atoms with Gasteiger partial charge in [-0.1, -0.05) is 6.07 Å². The highest BCUT2D eigenvalue weighted by Crippen LogP contribution is 2.32. The van der Waals surface area contributed by atoms with E-state index in [1.54, 1.807) is 6.92 Å². The Morgan fingerprint density at radius 3 is 3.00 bits per heavy atom. The zero-order valence-corrected chi connectivity index (χ0v) is 8.69. The molecule has 2 rings (SSSR count). The summed E-state index contributed by atoms with van der Waals surface area (Å²) in [5.41, 5.74) is 1.12. The van der Waals surface area contributed by atoms with Gasteiger partial charge >= 0.3 is 0 Å². The summed E-state index contributed by atoms with van der Waals surface area (Å²) in [5, 5.41) is 12.2. The number of benzene rings is 1. The maximum Gasteiger partial charge on any atom is 0.231 e. The number of fused-ring (bicyclic) bond motifs is 1. The monoisotopic (exact) mass is 209 g/mol. The van der Waals surface area contributed by atoms with Gasteiger partial charge in [0.25, 0.3) is 0 Å². The predicted octanol–water partition coefficient (Wildman–Crippen LogP) is 0.886. The molecular formula is C11H15NO3. The quantitative estimate of drug-likeness (QED) is 0.773. The lowest BCUT2D eigenvalue weighted by molar-refractivity contribution is 0.174. The second-order valence-corrected chi connectivity index (χ2v) is 3.67. The molecular weight excluding hydrogens is 194 g/mol. The zero-order chi connectivity index (χ0) is 10.7. The van der Waals surface area contributed by atoms with Gasteiger partial charge in [-0.3, -0.25) is 0 Å². The van der Waals surface area contributed by atoms with Crippen molar-refractivity contribution in [3.05, 3.63) is 23.8 Å². The van der Waals surface area contributed by atoms with Gasteiger partial charge in [0, 0.05) is 13.1 Å². The van der Waals surface area contributed by atoms with Crippen LogP contribution in [0.2, 0.25) is 0 Å². The third-order valence-corrected chi connectivity index (χ3v) is 2.21.